The molecule has 0 amide bonds. The Hall–Kier alpha value is -1.29. The molecule has 0 aliphatic rings. The maximum Gasteiger partial charge on any atom is 0.126 e. The van der Waals surface area contributed by atoms with Crippen LogP contribution in [0.15, 0.2) is 42.5 Å². The fourth-order valence-electron chi connectivity index (χ4n) is 1.78. The number of nitrogens with two attached hydrogens (primary N) is 1. The summed E-state index contributed by atoms with van der Waals surface area (Å²) in [4.78, 5) is 0. The summed E-state index contributed by atoms with van der Waals surface area (Å²) in [5.41, 5.74) is 6.43. The third-order valence-electron chi connectivity index (χ3n) is 2.77. The Bertz CT molecular complexity index is 575. The molecule has 2 nitrogen and oxygen atoms in total. The lowest BCUT2D eigenvalue weighted by atomic mass is 10.1. The van der Waals surface area contributed by atoms with Crippen molar-refractivity contribution in [3.63, 3.8) is 0 Å². The normalized spacial score (nSPS) is 12.2. The van der Waals surface area contributed by atoms with Crippen molar-refractivity contribution in [1.29, 1.82) is 0 Å². The van der Waals surface area contributed by atoms with E-state index in [9.17, 15) is 4.39 Å². The first-order valence-corrected chi connectivity index (χ1v) is 6.88. The van der Waals surface area contributed by atoms with Gasteiger partial charge >= 0.3 is 0 Å². The van der Waals surface area contributed by atoms with Crippen molar-refractivity contribution in [2.75, 3.05) is 6.61 Å². The highest BCUT2D eigenvalue weighted by atomic mass is 35.5. The first-order chi connectivity index (χ1) is 9.54. The minimum absolute atomic E-state index is 0.285. The summed E-state index contributed by atoms with van der Waals surface area (Å²) in [6, 6.07) is 11.1. The summed E-state index contributed by atoms with van der Waals surface area (Å²) >= 11 is 11.6. The molecule has 0 radical (unpaired) electrons. The SMILES string of the molecule is NC(COc1ccc(Cl)cc1)Cc1cc(Cl)ccc1F. The third-order valence-corrected chi connectivity index (χ3v) is 3.25. The average Bonchev–Trinajstić information content (AvgIpc) is 2.42. The molecule has 20 heavy (non-hydrogen) atoms. The number of halogens is 3. The molecule has 0 saturated carbocycles. The third kappa shape index (κ3) is 4.37. The van der Waals surface area contributed by atoms with Crippen LogP contribution in [0, 0.1) is 5.82 Å². The van der Waals surface area contributed by atoms with Crippen molar-refractivity contribution in [1.82, 2.24) is 0 Å². The Morgan fingerprint density at radius 1 is 1.05 bits per heavy atom. The number of ether oxygens (including phenoxy) is 1. The number of hydrogen-bond acceptors (Lipinski definition) is 2. The summed E-state index contributed by atoms with van der Waals surface area (Å²) in [6.07, 6.45) is 0.361. The van der Waals surface area contributed by atoms with E-state index in [2.05, 4.69) is 0 Å². The van der Waals surface area contributed by atoms with Crippen LogP contribution in [0.25, 0.3) is 0 Å². The van der Waals surface area contributed by atoms with Crippen molar-refractivity contribution in [2.45, 2.75) is 12.5 Å². The van der Waals surface area contributed by atoms with E-state index in [-0.39, 0.29) is 18.5 Å². The maximum absolute atomic E-state index is 13.6. The van der Waals surface area contributed by atoms with Crippen molar-refractivity contribution in [3.05, 3.63) is 63.9 Å². The first kappa shape index (κ1) is 15.1. The number of hydrogen-bond donors (Lipinski definition) is 1. The summed E-state index contributed by atoms with van der Waals surface area (Å²) < 4.78 is 19.1. The van der Waals surface area contributed by atoms with Crippen molar-refractivity contribution >= 4 is 23.2 Å². The molecule has 0 heterocycles. The maximum atomic E-state index is 13.6. The van der Waals surface area contributed by atoms with Gasteiger partial charge in [-0.15, -0.1) is 0 Å². The molecule has 0 fully saturated rings. The van der Waals surface area contributed by atoms with Crippen LogP contribution in [0.2, 0.25) is 10.0 Å². The smallest absolute Gasteiger partial charge is 0.126 e. The van der Waals surface area contributed by atoms with E-state index in [4.69, 9.17) is 33.7 Å². The standard InChI is InChI=1S/C15H14Cl2FNO/c16-11-1-4-14(5-2-11)20-9-13(19)8-10-7-12(17)3-6-15(10)18/h1-7,13H,8-9,19H2. The summed E-state index contributed by atoms with van der Waals surface area (Å²) in [5, 5.41) is 1.13. The van der Waals surface area contributed by atoms with Crippen molar-refractivity contribution < 1.29 is 9.13 Å². The first-order valence-electron chi connectivity index (χ1n) is 6.12. The monoisotopic (exact) mass is 313 g/mol. The van der Waals surface area contributed by atoms with Crippen LogP contribution in [-0.2, 0) is 6.42 Å². The van der Waals surface area contributed by atoms with Gasteiger partial charge in [0.1, 0.15) is 18.2 Å². The molecule has 2 aromatic rings. The van der Waals surface area contributed by atoms with Gasteiger partial charge in [0.2, 0.25) is 0 Å². The molecule has 0 aliphatic heterocycles. The Morgan fingerprint density at radius 3 is 2.40 bits per heavy atom. The second-order valence-electron chi connectivity index (χ2n) is 4.46. The lowest BCUT2D eigenvalue weighted by Gasteiger charge is -2.14. The zero-order valence-corrected chi connectivity index (χ0v) is 12.2. The summed E-state index contributed by atoms with van der Waals surface area (Å²) in [6.45, 7) is 0.285. The molecular weight excluding hydrogens is 300 g/mol. The fraction of sp³-hybridized carbons (Fsp3) is 0.200. The zero-order chi connectivity index (χ0) is 14.5. The topological polar surface area (TPSA) is 35.2 Å². The van der Waals surface area contributed by atoms with Crippen LogP contribution in [0.5, 0.6) is 5.75 Å². The van der Waals surface area contributed by atoms with E-state index < -0.39 is 0 Å². The predicted octanol–water partition coefficient (Wildman–Crippen LogP) is 4.08. The molecule has 2 N–H and O–H groups in total. The molecule has 5 heteroatoms. The number of benzene rings is 2. The Kier molecular flexibility index (Phi) is 5.24. The highest BCUT2D eigenvalue weighted by molar-refractivity contribution is 6.30. The highest BCUT2D eigenvalue weighted by Crippen LogP contribution is 2.18. The van der Waals surface area contributed by atoms with Gasteiger partial charge < -0.3 is 10.5 Å². The van der Waals surface area contributed by atoms with Gasteiger partial charge in [0, 0.05) is 16.1 Å². The summed E-state index contributed by atoms with van der Waals surface area (Å²) in [5.74, 6) is 0.368. The molecule has 2 aromatic carbocycles. The van der Waals surface area contributed by atoms with Crippen molar-refractivity contribution in [3.8, 4) is 5.75 Å². The lowest BCUT2D eigenvalue weighted by molar-refractivity contribution is 0.287. The van der Waals surface area contributed by atoms with Gasteiger partial charge in [0.05, 0.1) is 0 Å². The zero-order valence-electron chi connectivity index (χ0n) is 10.7. The van der Waals surface area contributed by atoms with Gasteiger partial charge in [-0.2, -0.15) is 0 Å². The van der Waals surface area contributed by atoms with Gasteiger partial charge in [0.25, 0.3) is 0 Å². The minimum Gasteiger partial charge on any atom is -0.492 e. The van der Waals surface area contributed by atoms with E-state index in [1.165, 1.54) is 12.1 Å². The van der Waals surface area contributed by atoms with Gasteiger partial charge in [-0.3, -0.25) is 0 Å². The van der Waals surface area contributed by atoms with E-state index in [1.54, 1.807) is 30.3 Å². The molecule has 2 rings (SSSR count). The summed E-state index contributed by atoms with van der Waals surface area (Å²) in [7, 11) is 0. The van der Waals surface area contributed by atoms with Gasteiger partial charge in [-0.25, -0.2) is 4.39 Å². The van der Waals surface area contributed by atoms with Crippen LogP contribution >= 0.6 is 23.2 Å². The Morgan fingerprint density at radius 2 is 1.70 bits per heavy atom. The van der Waals surface area contributed by atoms with Crippen LogP contribution in [0.3, 0.4) is 0 Å². The van der Waals surface area contributed by atoms with Gasteiger partial charge in [-0.1, -0.05) is 23.2 Å². The molecule has 106 valence electrons. The molecular formula is C15H14Cl2FNO. The Balaban J connectivity index is 1.90. The fourth-order valence-corrected chi connectivity index (χ4v) is 2.10. The van der Waals surface area contributed by atoms with Gasteiger partial charge in [-0.05, 0) is 54.4 Å². The molecule has 0 saturated heterocycles. The molecule has 1 atom stereocenters. The van der Waals surface area contributed by atoms with Crippen LogP contribution in [0.4, 0.5) is 4.39 Å². The van der Waals surface area contributed by atoms with E-state index in [1.807, 2.05) is 0 Å². The Labute approximate surface area is 127 Å². The van der Waals surface area contributed by atoms with Crippen LogP contribution in [0.1, 0.15) is 5.56 Å². The molecule has 0 aromatic heterocycles. The quantitative estimate of drug-likeness (QED) is 0.902. The van der Waals surface area contributed by atoms with E-state index in [0.717, 1.165) is 0 Å². The average molecular weight is 314 g/mol. The van der Waals surface area contributed by atoms with Crippen molar-refractivity contribution in [2.24, 2.45) is 5.73 Å². The second-order valence-corrected chi connectivity index (χ2v) is 5.34. The predicted molar refractivity (Wildman–Crippen MR) is 80.0 cm³/mol. The number of rotatable bonds is 5. The molecule has 0 spiro atoms. The lowest BCUT2D eigenvalue weighted by Crippen LogP contribution is -2.30. The molecule has 1 unspecified atom stereocenters. The second kappa shape index (κ2) is 6.93. The van der Waals surface area contributed by atoms with E-state index in [0.29, 0.717) is 27.8 Å². The molecule has 0 bridgehead atoms. The largest absolute Gasteiger partial charge is 0.492 e. The molecule has 0 aliphatic carbocycles. The highest BCUT2D eigenvalue weighted by Gasteiger charge is 2.10. The van der Waals surface area contributed by atoms with Gasteiger partial charge in [0.15, 0.2) is 0 Å². The van der Waals surface area contributed by atoms with Crippen LogP contribution < -0.4 is 10.5 Å². The van der Waals surface area contributed by atoms with E-state index >= 15 is 0 Å². The minimum atomic E-state index is -0.321. The van der Waals surface area contributed by atoms with Crippen LogP contribution in [-0.4, -0.2) is 12.6 Å².